The van der Waals surface area contributed by atoms with Crippen LogP contribution < -0.4 is 14.8 Å². The van der Waals surface area contributed by atoms with E-state index in [1.165, 1.54) is 13.2 Å². The molecule has 1 aromatic rings. The van der Waals surface area contributed by atoms with Crippen LogP contribution in [0, 0.1) is 17.3 Å². The molecule has 196 valence electrons. The lowest BCUT2D eigenvalue weighted by atomic mass is 9.91. The van der Waals surface area contributed by atoms with Crippen LogP contribution in [0.25, 0.3) is 0 Å². The molecule has 1 N–H and O–H groups in total. The minimum atomic E-state index is -0.740. The highest BCUT2D eigenvalue weighted by Crippen LogP contribution is 2.30. The van der Waals surface area contributed by atoms with E-state index >= 15 is 0 Å². The Hall–Kier alpha value is -2.94. The SMILES string of the molecule is CCC(C)(C)C(=O)OCCN[C@@H](Cc1ccc(OC(=O)C(C)C)c(OC(=O)C(C)C)c1)C(=O)OC. The first kappa shape index (κ1) is 30.1. The van der Waals surface area contributed by atoms with E-state index in [-0.39, 0.29) is 43.0 Å². The fraction of sp³-hybridized carbons (Fsp3) is 0.615. The number of hydrogen-bond acceptors (Lipinski definition) is 9. The molecule has 0 aromatic heterocycles. The van der Waals surface area contributed by atoms with Crippen LogP contribution in [0.1, 0.15) is 60.5 Å². The molecule has 1 aromatic carbocycles. The summed E-state index contributed by atoms with van der Waals surface area (Å²) in [6.07, 6.45) is 0.849. The number of esters is 4. The van der Waals surface area contributed by atoms with E-state index < -0.39 is 35.3 Å². The molecule has 0 saturated carbocycles. The first-order chi connectivity index (χ1) is 16.3. The van der Waals surface area contributed by atoms with E-state index in [2.05, 4.69) is 5.32 Å². The molecule has 0 unspecified atom stereocenters. The number of carbonyl (C=O) groups excluding carboxylic acids is 4. The van der Waals surface area contributed by atoms with Crippen LogP contribution >= 0.6 is 0 Å². The lowest BCUT2D eigenvalue weighted by Gasteiger charge is -2.21. The van der Waals surface area contributed by atoms with Crippen molar-refractivity contribution in [1.29, 1.82) is 0 Å². The number of benzene rings is 1. The third-order valence-electron chi connectivity index (χ3n) is 5.46. The van der Waals surface area contributed by atoms with Crippen LogP contribution in [0.3, 0.4) is 0 Å². The molecule has 9 nitrogen and oxygen atoms in total. The number of ether oxygens (including phenoxy) is 4. The van der Waals surface area contributed by atoms with E-state index in [0.717, 1.165) is 0 Å². The van der Waals surface area contributed by atoms with Crippen LogP contribution in [0.15, 0.2) is 18.2 Å². The Bertz CT molecular complexity index is 891. The van der Waals surface area contributed by atoms with Gasteiger partial charge in [-0.15, -0.1) is 0 Å². The largest absolute Gasteiger partial charge is 0.468 e. The van der Waals surface area contributed by atoms with Gasteiger partial charge in [0.15, 0.2) is 11.5 Å². The Morgan fingerprint density at radius 2 is 1.49 bits per heavy atom. The zero-order valence-corrected chi connectivity index (χ0v) is 22.1. The summed E-state index contributed by atoms with van der Waals surface area (Å²) in [6, 6.07) is 4.03. The van der Waals surface area contributed by atoms with Gasteiger partial charge in [-0.2, -0.15) is 0 Å². The van der Waals surface area contributed by atoms with Gasteiger partial charge < -0.3 is 24.3 Å². The second kappa shape index (κ2) is 13.8. The second-order valence-electron chi connectivity index (χ2n) is 9.54. The third kappa shape index (κ3) is 9.68. The van der Waals surface area contributed by atoms with Crippen molar-refractivity contribution in [2.75, 3.05) is 20.3 Å². The molecule has 0 bridgehead atoms. The van der Waals surface area contributed by atoms with E-state index in [9.17, 15) is 19.2 Å². The lowest BCUT2D eigenvalue weighted by Crippen LogP contribution is -2.41. The monoisotopic (exact) mass is 493 g/mol. The van der Waals surface area contributed by atoms with Crippen molar-refractivity contribution in [1.82, 2.24) is 5.32 Å². The minimum Gasteiger partial charge on any atom is -0.468 e. The molecule has 0 saturated heterocycles. The molecule has 0 amide bonds. The van der Waals surface area contributed by atoms with E-state index in [0.29, 0.717) is 12.0 Å². The average Bonchev–Trinajstić information content (AvgIpc) is 2.81. The summed E-state index contributed by atoms with van der Waals surface area (Å²) in [6.45, 7) is 12.6. The molecule has 0 aliphatic rings. The van der Waals surface area contributed by atoms with Gasteiger partial charge in [0.25, 0.3) is 0 Å². The maximum atomic E-state index is 12.3. The van der Waals surface area contributed by atoms with Gasteiger partial charge in [-0.25, -0.2) is 0 Å². The van der Waals surface area contributed by atoms with E-state index in [1.807, 2.05) is 20.8 Å². The minimum absolute atomic E-state index is 0.0922. The number of rotatable bonds is 13. The van der Waals surface area contributed by atoms with E-state index in [4.69, 9.17) is 18.9 Å². The fourth-order valence-corrected chi connectivity index (χ4v) is 2.63. The summed E-state index contributed by atoms with van der Waals surface area (Å²) in [5.74, 6) is -2.30. The average molecular weight is 494 g/mol. The standard InChI is InChI=1S/C26H39NO8/c1-9-26(6,7)25(31)33-13-12-27-19(24(30)32-8)14-18-10-11-20(34-22(28)16(2)3)21(15-18)35-23(29)17(4)5/h10-11,15-17,19,27H,9,12-14H2,1-8H3/t19-/m0/s1. The summed E-state index contributed by atoms with van der Waals surface area (Å²) in [4.78, 5) is 48.8. The Morgan fingerprint density at radius 1 is 0.914 bits per heavy atom. The Labute approximate surface area is 207 Å². The van der Waals surface area contributed by atoms with Crippen molar-refractivity contribution in [3.8, 4) is 11.5 Å². The Morgan fingerprint density at radius 3 is 2.00 bits per heavy atom. The molecular formula is C26H39NO8. The summed E-state index contributed by atoms with van der Waals surface area (Å²) in [5, 5.41) is 3.04. The normalized spacial score (nSPS) is 12.3. The van der Waals surface area contributed by atoms with Crippen LogP contribution in [0.5, 0.6) is 11.5 Å². The molecule has 0 radical (unpaired) electrons. The van der Waals surface area contributed by atoms with Gasteiger partial charge in [0.2, 0.25) is 0 Å². The topological polar surface area (TPSA) is 117 Å². The molecule has 0 aliphatic carbocycles. The predicted octanol–water partition coefficient (Wildman–Crippen LogP) is 3.46. The van der Waals surface area contributed by atoms with Gasteiger partial charge >= 0.3 is 23.9 Å². The zero-order valence-electron chi connectivity index (χ0n) is 22.1. The Kier molecular flexibility index (Phi) is 11.9. The van der Waals surface area contributed by atoms with Gasteiger partial charge in [0.1, 0.15) is 12.6 Å². The molecule has 0 spiro atoms. The van der Waals surface area contributed by atoms with Crippen LogP contribution in [0.4, 0.5) is 0 Å². The van der Waals surface area contributed by atoms with Gasteiger partial charge in [-0.3, -0.25) is 19.2 Å². The van der Waals surface area contributed by atoms with Crippen molar-refractivity contribution in [3.63, 3.8) is 0 Å². The summed E-state index contributed by atoms with van der Waals surface area (Å²) in [7, 11) is 1.28. The molecule has 35 heavy (non-hydrogen) atoms. The van der Waals surface area contributed by atoms with Gasteiger partial charge in [0, 0.05) is 6.54 Å². The molecule has 0 heterocycles. The lowest BCUT2D eigenvalue weighted by molar-refractivity contribution is -0.154. The second-order valence-corrected chi connectivity index (χ2v) is 9.54. The number of hydrogen-bond donors (Lipinski definition) is 1. The number of nitrogens with one attached hydrogen (secondary N) is 1. The number of carbonyl (C=O) groups is 4. The maximum absolute atomic E-state index is 12.3. The van der Waals surface area contributed by atoms with Crippen LogP contribution in [-0.2, 0) is 35.1 Å². The van der Waals surface area contributed by atoms with Gasteiger partial charge in [-0.05, 0) is 44.4 Å². The predicted molar refractivity (Wildman–Crippen MR) is 130 cm³/mol. The van der Waals surface area contributed by atoms with Gasteiger partial charge in [-0.1, -0.05) is 40.7 Å². The van der Waals surface area contributed by atoms with Crippen molar-refractivity contribution in [3.05, 3.63) is 23.8 Å². The fourth-order valence-electron chi connectivity index (χ4n) is 2.63. The summed E-state index contributed by atoms with van der Waals surface area (Å²) in [5.41, 5.74) is 0.0692. The first-order valence-electron chi connectivity index (χ1n) is 11.9. The number of methoxy groups -OCH3 is 1. The highest BCUT2D eigenvalue weighted by Gasteiger charge is 2.27. The molecular weight excluding hydrogens is 454 g/mol. The molecule has 9 heteroatoms. The van der Waals surface area contributed by atoms with E-state index in [1.54, 1.807) is 39.8 Å². The quantitative estimate of drug-likeness (QED) is 0.250. The third-order valence-corrected chi connectivity index (χ3v) is 5.46. The van der Waals surface area contributed by atoms with Crippen molar-refractivity contribution in [2.24, 2.45) is 17.3 Å². The highest BCUT2D eigenvalue weighted by molar-refractivity contribution is 5.79. The van der Waals surface area contributed by atoms with Crippen LogP contribution in [-0.4, -0.2) is 50.2 Å². The van der Waals surface area contributed by atoms with Crippen molar-refractivity contribution < 1.29 is 38.1 Å². The molecule has 1 rings (SSSR count). The van der Waals surface area contributed by atoms with Crippen molar-refractivity contribution in [2.45, 2.75) is 67.3 Å². The Balaban J connectivity index is 2.99. The molecule has 0 aliphatic heterocycles. The first-order valence-corrected chi connectivity index (χ1v) is 11.9. The van der Waals surface area contributed by atoms with Crippen LogP contribution in [0.2, 0.25) is 0 Å². The van der Waals surface area contributed by atoms with Crippen molar-refractivity contribution >= 4 is 23.9 Å². The highest BCUT2D eigenvalue weighted by atomic mass is 16.6. The molecule has 0 fully saturated rings. The summed E-state index contributed by atoms with van der Waals surface area (Å²) >= 11 is 0. The molecule has 1 atom stereocenters. The maximum Gasteiger partial charge on any atom is 0.323 e. The summed E-state index contributed by atoms with van der Waals surface area (Å²) < 4.78 is 21.0. The smallest absolute Gasteiger partial charge is 0.323 e. The van der Waals surface area contributed by atoms with Gasteiger partial charge in [0.05, 0.1) is 24.4 Å². The zero-order chi connectivity index (χ0) is 26.8.